The van der Waals surface area contributed by atoms with Crippen molar-refractivity contribution in [1.82, 2.24) is 9.80 Å². The zero-order valence-electron chi connectivity index (χ0n) is 14.9. The number of likely N-dealkylation sites (N-methyl/N-ethyl adjacent to an activating group) is 1. The third-order valence-electron chi connectivity index (χ3n) is 4.42. The van der Waals surface area contributed by atoms with Gasteiger partial charge in [-0.15, -0.1) is 0 Å². The predicted octanol–water partition coefficient (Wildman–Crippen LogP) is 0.944. The van der Waals surface area contributed by atoms with Crippen molar-refractivity contribution in [2.24, 2.45) is 5.41 Å². The Morgan fingerprint density at radius 2 is 1.88 bits per heavy atom. The Morgan fingerprint density at radius 3 is 2.38 bits per heavy atom. The van der Waals surface area contributed by atoms with Crippen LogP contribution < -0.4 is 0 Å². The van der Waals surface area contributed by atoms with Crippen LogP contribution in [0.1, 0.15) is 33.6 Å². The van der Waals surface area contributed by atoms with Crippen molar-refractivity contribution in [2.75, 3.05) is 27.3 Å². The van der Waals surface area contributed by atoms with Crippen molar-refractivity contribution in [2.45, 2.75) is 51.3 Å². The Morgan fingerprint density at radius 1 is 1.25 bits per heavy atom. The van der Waals surface area contributed by atoms with Crippen LogP contribution in [0.15, 0.2) is 0 Å². The standard InChI is InChI=1S/C16H26N2O6/c1-15(2,3)24-14(22)18-10(13(20)21)6-16(7-11(16)18)9-23-8-12(19)17(4)5/h10-11H,6-9H2,1-5H3,(H,20,21)/t10-,11?,16-/m0/s1. The number of carboxylic acids is 1. The van der Waals surface area contributed by atoms with E-state index in [-0.39, 0.29) is 30.6 Å². The molecule has 1 aliphatic carbocycles. The molecule has 0 aromatic carbocycles. The summed E-state index contributed by atoms with van der Waals surface area (Å²) >= 11 is 0. The van der Waals surface area contributed by atoms with E-state index in [2.05, 4.69) is 0 Å². The summed E-state index contributed by atoms with van der Waals surface area (Å²) in [5.41, 5.74) is -1.07. The number of amides is 2. The Kier molecular flexibility index (Phi) is 4.81. The van der Waals surface area contributed by atoms with Gasteiger partial charge in [0.1, 0.15) is 18.2 Å². The van der Waals surface area contributed by atoms with Gasteiger partial charge in [-0.2, -0.15) is 0 Å². The molecule has 2 amide bonds. The lowest BCUT2D eigenvalue weighted by Gasteiger charge is -2.28. The monoisotopic (exact) mass is 342 g/mol. The van der Waals surface area contributed by atoms with Crippen LogP contribution in [-0.4, -0.2) is 77.9 Å². The minimum atomic E-state index is -1.04. The molecule has 0 spiro atoms. The fourth-order valence-corrected chi connectivity index (χ4v) is 3.10. The van der Waals surface area contributed by atoms with Gasteiger partial charge in [-0.05, 0) is 33.6 Å². The van der Waals surface area contributed by atoms with Gasteiger partial charge in [0.25, 0.3) is 0 Å². The maximum absolute atomic E-state index is 12.4. The van der Waals surface area contributed by atoms with E-state index in [1.807, 2.05) is 0 Å². The first-order valence-corrected chi connectivity index (χ1v) is 7.99. The molecule has 0 radical (unpaired) electrons. The number of likely N-dealkylation sites (tertiary alicyclic amines) is 1. The summed E-state index contributed by atoms with van der Waals surface area (Å²) in [6.07, 6.45) is 0.387. The van der Waals surface area contributed by atoms with Crippen molar-refractivity contribution in [3.8, 4) is 0 Å². The van der Waals surface area contributed by atoms with Crippen LogP contribution in [0, 0.1) is 5.41 Å². The summed E-state index contributed by atoms with van der Waals surface area (Å²) in [5.74, 6) is -1.20. The van der Waals surface area contributed by atoms with Crippen molar-refractivity contribution < 1.29 is 29.0 Å². The number of hydrogen-bond donors (Lipinski definition) is 1. The summed E-state index contributed by atoms with van der Waals surface area (Å²) in [5, 5.41) is 9.42. The van der Waals surface area contributed by atoms with Crippen molar-refractivity contribution >= 4 is 18.0 Å². The Balaban J connectivity index is 2.00. The normalized spacial score (nSPS) is 28.3. The number of nitrogens with zero attached hydrogens (tertiary/aromatic N) is 2. The first-order chi connectivity index (χ1) is 11.0. The molecule has 3 atom stereocenters. The molecule has 0 aromatic rings. The number of hydrogen-bond acceptors (Lipinski definition) is 5. The highest BCUT2D eigenvalue weighted by Crippen LogP contribution is 2.59. The van der Waals surface area contributed by atoms with Gasteiger partial charge >= 0.3 is 12.1 Å². The van der Waals surface area contributed by atoms with Gasteiger partial charge in [-0.1, -0.05) is 0 Å². The molecule has 8 nitrogen and oxygen atoms in total. The molecule has 8 heteroatoms. The second-order valence-electron chi connectivity index (χ2n) is 7.81. The third-order valence-corrected chi connectivity index (χ3v) is 4.42. The van der Waals surface area contributed by atoms with Crippen LogP contribution in [0.5, 0.6) is 0 Å². The predicted molar refractivity (Wildman–Crippen MR) is 84.5 cm³/mol. The summed E-state index contributed by atoms with van der Waals surface area (Å²) in [6.45, 7) is 5.44. The lowest BCUT2D eigenvalue weighted by Crippen LogP contribution is -2.45. The molecule has 1 saturated heterocycles. The second-order valence-corrected chi connectivity index (χ2v) is 7.81. The highest BCUT2D eigenvalue weighted by molar-refractivity contribution is 5.82. The number of rotatable bonds is 5. The molecular formula is C16H26N2O6. The molecule has 2 rings (SSSR count). The molecule has 136 valence electrons. The van der Waals surface area contributed by atoms with E-state index in [9.17, 15) is 19.5 Å². The Bertz CT molecular complexity index is 541. The molecule has 1 N–H and O–H groups in total. The maximum atomic E-state index is 12.4. The SMILES string of the molecule is CN(C)C(=O)COC[C@]12CC1N(C(=O)OC(C)(C)C)[C@H](C(=O)O)C2. The molecule has 1 heterocycles. The van der Waals surface area contributed by atoms with Gasteiger partial charge < -0.3 is 19.5 Å². The van der Waals surface area contributed by atoms with Crippen LogP contribution in [0.4, 0.5) is 4.79 Å². The number of fused-ring (bicyclic) bond motifs is 1. The van der Waals surface area contributed by atoms with Crippen molar-refractivity contribution in [3.05, 3.63) is 0 Å². The number of ether oxygens (including phenoxy) is 2. The van der Waals surface area contributed by atoms with E-state index in [1.165, 1.54) is 9.80 Å². The summed E-state index contributed by atoms with van der Waals surface area (Å²) in [6, 6.07) is -1.12. The van der Waals surface area contributed by atoms with Crippen LogP contribution >= 0.6 is 0 Å². The number of piperidine rings is 1. The quantitative estimate of drug-likeness (QED) is 0.799. The van der Waals surface area contributed by atoms with Gasteiger partial charge in [-0.25, -0.2) is 9.59 Å². The molecule has 2 aliphatic rings. The third kappa shape index (κ3) is 3.80. The minimum absolute atomic E-state index is 0.0500. The molecular weight excluding hydrogens is 316 g/mol. The van der Waals surface area contributed by atoms with Gasteiger partial charge in [0.05, 0.1) is 6.61 Å². The zero-order chi connectivity index (χ0) is 18.3. The van der Waals surface area contributed by atoms with E-state index in [1.54, 1.807) is 34.9 Å². The number of carbonyl (C=O) groups is 3. The highest BCUT2D eigenvalue weighted by atomic mass is 16.6. The zero-order valence-corrected chi connectivity index (χ0v) is 14.9. The van der Waals surface area contributed by atoms with Crippen LogP contribution in [0.3, 0.4) is 0 Å². The van der Waals surface area contributed by atoms with E-state index in [4.69, 9.17) is 9.47 Å². The maximum Gasteiger partial charge on any atom is 0.411 e. The molecule has 0 bridgehead atoms. The lowest BCUT2D eigenvalue weighted by atomic mass is 10.0. The summed E-state index contributed by atoms with van der Waals surface area (Å²) < 4.78 is 10.8. The lowest BCUT2D eigenvalue weighted by molar-refractivity contribution is -0.143. The first-order valence-electron chi connectivity index (χ1n) is 7.99. The van der Waals surface area contributed by atoms with Gasteiger partial charge in [0.2, 0.25) is 5.91 Å². The fraction of sp³-hybridized carbons (Fsp3) is 0.812. The minimum Gasteiger partial charge on any atom is -0.480 e. The number of carbonyl (C=O) groups excluding carboxylic acids is 2. The van der Waals surface area contributed by atoms with Crippen LogP contribution in [0.2, 0.25) is 0 Å². The molecule has 24 heavy (non-hydrogen) atoms. The topological polar surface area (TPSA) is 96.4 Å². The second kappa shape index (κ2) is 6.23. The summed E-state index contributed by atoms with van der Waals surface area (Å²) in [4.78, 5) is 38.2. The van der Waals surface area contributed by atoms with Crippen molar-refractivity contribution in [1.29, 1.82) is 0 Å². The first kappa shape index (κ1) is 18.5. The fourth-order valence-electron chi connectivity index (χ4n) is 3.10. The average molecular weight is 342 g/mol. The van der Waals surface area contributed by atoms with E-state index < -0.39 is 23.7 Å². The van der Waals surface area contributed by atoms with E-state index in [0.717, 1.165) is 0 Å². The van der Waals surface area contributed by atoms with Crippen LogP contribution in [0.25, 0.3) is 0 Å². The Labute approximate surface area is 141 Å². The average Bonchev–Trinajstić information content (AvgIpc) is 3.00. The molecule has 1 unspecified atom stereocenters. The molecule has 1 saturated carbocycles. The molecule has 2 fully saturated rings. The summed E-state index contributed by atoms with van der Waals surface area (Å²) in [7, 11) is 3.29. The number of aliphatic carboxylic acids is 1. The van der Waals surface area contributed by atoms with Crippen molar-refractivity contribution in [3.63, 3.8) is 0 Å². The van der Waals surface area contributed by atoms with Crippen LogP contribution in [-0.2, 0) is 19.1 Å². The van der Waals surface area contributed by atoms with Gasteiger partial charge in [0.15, 0.2) is 0 Å². The Hall–Kier alpha value is -1.83. The molecule has 0 aromatic heterocycles. The van der Waals surface area contributed by atoms with E-state index in [0.29, 0.717) is 12.8 Å². The smallest absolute Gasteiger partial charge is 0.411 e. The largest absolute Gasteiger partial charge is 0.480 e. The molecule has 1 aliphatic heterocycles. The van der Waals surface area contributed by atoms with Gasteiger partial charge in [0, 0.05) is 25.6 Å². The highest BCUT2D eigenvalue weighted by Gasteiger charge is 2.68. The van der Waals surface area contributed by atoms with Gasteiger partial charge in [-0.3, -0.25) is 9.69 Å². The number of carboxylic acid groups (broad SMARTS) is 1. The van der Waals surface area contributed by atoms with E-state index >= 15 is 0 Å².